The van der Waals surface area contributed by atoms with Crippen LogP contribution in [0.2, 0.25) is 0 Å². The van der Waals surface area contributed by atoms with E-state index in [1.54, 1.807) is 13.2 Å². The minimum Gasteiger partial charge on any atom is -0.497 e. The Morgan fingerprint density at radius 3 is 2.79 bits per heavy atom. The highest BCUT2D eigenvalue weighted by Gasteiger charge is 2.05. The highest BCUT2D eigenvalue weighted by atomic mass is 32.2. The fourth-order valence-electron chi connectivity index (χ4n) is 1.63. The molecule has 5 heteroatoms. The Morgan fingerprint density at radius 2 is 2.11 bits per heavy atom. The highest BCUT2D eigenvalue weighted by molar-refractivity contribution is 7.99. The first-order chi connectivity index (χ1) is 9.08. The van der Waals surface area contributed by atoms with Crippen LogP contribution in [0.4, 0.5) is 0 Å². The topological polar surface area (TPSA) is 72.0 Å². The van der Waals surface area contributed by atoms with Gasteiger partial charge in [-0.25, -0.2) is 4.98 Å². The molecule has 0 aliphatic heterocycles. The van der Waals surface area contributed by atoms with Gasteiger partial charge in [0.05, 0.1) is 7.11 Å². The number of benzene rings is 1. The lowest BCUT2D eigenvalue weighted by Crippen LogP contribution is -2.11. The van der Waals surface area contributed by atoms with Gasteiger partial charge in [-0.05, 0) is 37.3 Å². The van der Waals surface area contributed by atoms with Crippen molar-refractivity contribution < 1.29 is 4.74 Å². The number of hydrogen-bond acceptors (Lipinski definition) is 4. The molecule has 0 atom stereocenters. The zero-order valence-electron chi connectivity index (χ0n) is 10.8. The average molecular weight is 273 g/mol. The van der Waals surface area contributed by atoms with Gasteiger partial charge in [0.25, 0.3) is 0 Å². The first kappa shape index (κ1) is 13.4. The molecular weight excluding hydrogens is 258 g/mol. The van der Waals surface area contributed by atoms with Crippen molar-refractivity contribution in [3.63, 3.8) is 0 Å². The Kier molecular flexibility index (Phi) is 4.06. The van der Waals surface area contributed by atoms with Crippen LogP contribution in [-0.2, 0) is 0 Å². The molecule has 3 N–H and O–H groups in total. The number of hydrogen-bond donors (Lipinski definition) is 2. The standard InChI is InChI=1S/C14H15N3OS/c1-9-6-10(14(15)16)7-13(17-9)19-12-5-3-4-11(8-12)18-2/h3-8H,1-2H3,(H3,15,16). The lowest BCUT2D eigenvalue weighted by molar-refractivity contribution is 0.413. The summed E-state index contributed by atoms with van der Waals surface area (Å²) in [4.78, 5) is 5.47. The second-order valence-corrected chi connectivity index (χ2v) is 5.12. The number of nitrogens with one attached hydrogen (secondary N) is 1. The summed E-state index contributed by atoms with van der Waals surface area (Å²) < 4.78 is 5.19. The maximum absolute atomic E-state index is 7.49. The van der Waals surface area contributed by atoms with Crippen LogP contribution >= 0.6 is 11.8 Å². The van der Waals surface area contributed by atoms with E-state index in [0.29, 0.717) is 5.56 Å². The quantitative estimate of drug-likeness (QED) is 0.663. The van der Waals surface area contributed by atoms with Crippen molar-refractivity contribution in [2.75, 3.05) is 7.11 Å². The molecule has 0 aliphatic carbocycles. The second-order valence-electron chi connectivity index (χ2n) is 4.03. The van der Waals surface area contributed by atoms with Crippen LogP contribution in [0.1, 0.15) is 11.3 Å². The molecular formula is C14H15N3OS. The summed E-state index contributed by atoms with van der Waals surface area (Å²) in [7, 11) is 1.64. The van der Waals surface area contributed by atoms with Crippen molar-refractivity contribution in [2.45, 2.75) is 16.8 Å². The minimum atomic E-state index is 0.0537. The van der Waals surface area contributed by atoms with Crippen molar-refractivity contribution in [3.8, 4) is 5.75 Å². The molecule has 2 rings (SSSR count). The molecule has 0 bridgehead atoms. The van der Waals surface area contributed by atoms with E-state index in [9.17, 15) is 0 Å². The third kappa shape index (κ3) is 3.48. The predicted molar refractivity (Wildman–Crippen MR) is 77.1 cm³/mol. The van der Waals surface area contributed by atoms with Crippen LogP contribution in [0.3, 0.4) is 0 Å². The van der Waals surface area contributed by atoms with Crippen molar-refractivity contribution in [2.24, 2.45) is 5.73 Å². The van der Waals surface area contributed by atoms with E-state index in [1.807, 2.05) is 37.3 Å². The number of amidine groups is 1. The number of nitrogens with two attached hydrogens (primary N) is 1. The lowest BCUT2D eigenvalue weighted by Gasteiger charge is -2.06. The number of nitrogens with zero attached hydrogens (tertiary/aromatic N) is 1. The number of aromatic nitrogens is 1. The van der Waals surface area contributed by atoms with Crippen LogP contribution in [0.5, 0.6) is 5.75 Å². The van der Waals surface area contributed by atoms with E-state index in [-0.39, 0.29) is 5.84 Å². The summed E-state index contributed by atoms with van der Waals surface area (Å²) in [6, 6.07) is 11.4. The average Bonchev–Trinajstić information content (AvgIpc) is 2.38. The van der Waals surface area contributed by atoms with E-state index in [1.165, 1.54) is 11.8 Å². The highest BCUT2D eigenvalue weighted by Crippen LogP contribution is 2.29. The number of rotatable bonds is 4. The molecule has 0 amide bonds. The predicted octanol–water partition coefficient (Wildman–Crippen LogP) is 2.83. The van der Waals surface area contributed by atoms with Gasteiger partial charge in [-0.3, -0.25) is 5.41 Å². The van der Waals surface area contributed by atoms with Crippen LogP contribution in [0.25, 0.3) is 0 Å². The molecule has 19 heavy (non-hydrogen) atoms. The Hall–Kier alpha value is -2.01. The van der Waals surface area contributed by atoms with Crippen molar-refractivity contribution in [3.05, 3.63) is 47.7 Å². The monoisotopic (exact) mass is 273 g/mol. The lowest BCUT2D eigenvalue weighted by atomic mass is 10.2. The summed E-state index contributed by atoms with van der Waals surface area (Å²) >= 11 is 1.52. The van der Waals surface area contributed by atoms with Crippen molar-refractivity contribution >= 4 is 17.6 Å². The van der Waals surface area contributed by atoms with Gasteiger partial charge >= 0.3 is 0 Å². The molecule has 0 aliphatic rings. The fraction of sp³-hybridized carbons (Fsp3) is 0.143. The summed E-state index contributed by atoms with van der Waals surface area (Å²) in [5.41, 5.74) is 7.05. The molecule has 2 aromatic rings. The summed E-state index contributed by atoms with van der Waals surface area (Å²) in [6.07, 6.45) is 0. The molecule has 0 fully saturated rings. The second kappa shape index (κ2) is 5.75. The Balaban J connectivity index is 2.29. The molecule has 0 saturated heterocycles. The molecule has 0 radical (unpaired) electrons. The number of pyridine rings is 1. The Bertz CT molecular complexity index is 613. The number of ether oxygens (including phenoxy) is 1. The number of nitrogen functional groups attached to an aromatic ring is 1. The van der Waals surface area contributed by atoms with Gasteiger partial charge in [-0.15, -0.1) is 0 Å². The van der Waals surface area contributed by atoms with Crippen LogP contribution < -0.4 is 10.5 Å². The third-order valence-corrected chi connectivity index (χ3v) is 3.41. The van der Waals surface area contributed by atoms with Crippen molar-refractivity contribution in [1.82, 2.24) is 4.98 Å². The van der Waals surface area contributed by atoms with Gasteiger partial charge in [0.1, 0.15) is 16.6 Å². The number of aryl methyl sites for hydroxylation is 1. The zero-order chi connectivity index (χ0) is 13.8. The van der Waals surface area contributed by atoms with E-state index in [0.717, 1.165) is 21.4 Å². The molecule has 0 unspecified atom stereocenters. The van der Waals surface area contributed by atoms with Gasteiger partial charge < -0.3 is 10.5 Å². The fourth-order valence-corrected chi connectivity index (χ4v) is 2.57. The zero-order valence-corrected chi connectivity index (χ0v) is 11.6. The van der Waals surface area contributed by atoms with E-state index in [4.69, 9.17) is 15.9 Å². The SMILES string of the molecule is COc1cccc(Sc2cc(C(=N)N)cc(C)n2)c1. The first-order valence-corrected chi connectivity index (χ1v) is 6.55. The van der Waals surface area contributed by atoms with Crippen LogP contribution in [0, 0.1) is 12.3 Å². The van der Waals surface area contributed by atoms with Crippen LogP contribution in [-0.4, -0.2) is 17.9 Å². The van der Waals surface area contributed by atoms with Crippen LogP contribution in [0.15, 0.2) is 46.3 Å². The maximum atomic E-state index is 7.49. The van der Waals surface area contributed by atoms with E-state index < -0.39 is 0 Å². The molecule has 1 aromatic carbocycles. The maximum Gasteiger partial charge on any atom is 0.122 e. The molecule has 0 spiro atoms. The largest absolute Gasteiger partial charge is 0.497 e. The summed E-state index contributed by atoms with van der Waals surface area (Å²) in [5.74, 6) is 0.863. The molecule has 1 aromatic heterocycles. The smallest absolute Gasteiger partial charge is 0.122 e. The molecule has 98 valence electrons. The van der Waals surface area contributed by atoms with Gasteiger partial charge in [0, 0.05) is 16.2 Å². The Morgan fingerprint density at radius 1 is 1.32 bits per heavy atom. The van der Waals surface area contributed by atoms with Gasteiger partial charge in [-0.2, -0.15) is 0 Å². The Labute approximate surface area is 116 Å². The third-order valence-electron chi connectivity index (χ3n) is 2.50. The van der Waals surface area contributed by atoms with E-state index >= 15 is 0 Å². The first-order valence-electron chi connectivity index (χ1n) is 5.73. The summed E-state index contributed by atoms with van der Waals surface area (Å²) in [5, 5.41) is 8.31. The van der Waals surface area contributed by atoms with Gasteiger partial charge in [0.2, 0.25) is 0 Å². The number of methoxy groups -OCH3 is 1. The molecule has 0 saturated carbocycles. The van der Waals surface area contributed by atoms with E-state index in [2.05, 4.69) is 4.98 Å². The van der Waals surface area contributed by atoms with Crippen molar-refractivity contribution in [1.29, 1.82) is 5.41 Å². The minimum absolute atomic E-state index is 0.0537. The summed E-state index contributed by atoms with van der Waals surface area (Å²) in [6.45, 7) is 1.89. The molecule has 1 heterocycles. The molecule has 4 nitrogen and oxygen atoms in total. The normalized spacial score (nSPS) is 10.2. The van der Waals surface area contributed by atoms with Gasteiger partial charge in [-0.1, -0.05) is 17.8 Å². The van der Waals surface area contributed by atoms with Gasteiger partial charge in [0.15, 0.2) is 0 Å².